The molecule has 1 heterocycles. The van der Waals surface area contributed by atoms with Crippen molar-refractivity contribution in [1.82, 2.24) is 10.3 Å². The molecule has 140 valence electrons. The van der Waals surface area contributed by atoms with Crippen molar-refractivity contribution < 1.29 is 27.8 Å². The maximum absolute atomic E-state index is 12.5. The number of ether oxygens (including phenoxy) is 2. The molecule has 0 aliphatic rings. The molecule has 0 radical (unpaired) electrons. The summed E-state index contributed by atoms with van der Waals surface area (Å²) in [6.07, 6.45) is 0. The fraction of sp³-hybridized carbons (Fsp3) is 0.333. The third-order valence-corrected chi connectivity index (χ3v) is 4.01. The maximum Gasteiger partial charge on any atom is 0.387 e. The SMILES string of the molecule is COC(=O)c1c(C)[nH]c(C(=O)NC(C)c2ccc(OC(F)F)cc2)c1C. The summed E-state index contributed by atoms with van der Waals surface area (Å²) >= 11 is 0. The van der Waals surface area contributed by atoms with E-state index >= 15 is 0 Å². The lowest BCUT2D eigenvalue weighted by atomic mass is 10.1. The molecule has 6 nitrogen and oxygen atoms in total. The summed E-state index contributed by atoms with van der Waals surface area (Å²) in [4.78, 5) is 27.2. The molecule has 8 heteroatoms. The van der Waals surface area contributed by atoms with Crippen LogP contribution in [0.3, 0.4) is 0 Å². The number of alkyl halides is 2. The quantitative estimate of drug-likeness (QED) is 0.767. The van der Waals surface area contributed by atoms with E-state index in [-0.39, 0.29) is 23.4 Å². The highest BCUT2D eigenvalue weighted by Gasteiger charge is 2.23. The molecule has 0 saturated heterocycles. The molecule has 1 aromatic carbocycles. The summed E-state index contributed by atoms with van der Waals surface area (Å²) in [6, 6.07) is 5.62. The third-order valence-electron chi connectivity index (χ3n) is 4.01. The minimum absolute atomic E-state index is 0.0424. The average Bonchev–Trinajstić information content (AvgIpc) is 2.89. The van der Waals surface area contributed by atoms with E-state index in [9.17, 15) is 18.4 Å². The number of amides is 1. The van der Waals surface area contributed by atoms with Crippen LogP contribution in [0.5, 0.6) is 5.75 Å². The Hall–Kier alpha value is -2.90. The van der Waals surface area contributed by atoms with Crippen molar-refractivity contribution in [3.63, 3.8) is 0 Å². The van der Waals surface area contributed by atoms with Gasteiger partial charge in [-0.3, -0.25) is 4.79 Å². The Bertz CT molecular complexity index is 800. The average molecular weight is 366 g/mol. The largest absolute Gasteiger partial charge is 0.465 e. The Balaban J connectivity index is 2.13. The van der Waals surface area contributed by atoms with Crippen LogP contribution in [0.25, 0.3) is 0 Å². The lowest BCUT2D eigenvalue weighted by Gasteiger charge is -2.15. The van der Waals surface area contributed by atoms with E-state index in [4.69, 9.17) is 4.74 Å². The monoisotopic (exact) mass is 366 g/mol. The molecule has 2 aromatic rings. The minimum Gasteiger partial charge on any atom is -0.465 e. The fourth-order valence-corrected chi connectivity index (χ4v) is 2.68. The van der Waals surface area contributed by atoms with Gasteiger partial charge in [-0.25, -0.2) is 4.79 Å². The first-order valence-corrected chi connectivity index (χ1v) is 7.87. The number of hydrogen-bond acceptors (Lipinski definition) is 4. The van der Waals surface area contributed by atoms with Crippen molar-refractivity contribution in [2.45, 2.75) is 33.4 Å². The van der Waals surface area contributed by atoms with Gasteiger partial charge in [0.05, 0.1) is 18.7 Å². The van der Waals surface area contributed by atoms with Crippen LogP contribution in [0.15, 0.2) is 24.3 Å². The van der Waals surface area contributed by atoms with Gasteiger partial charge in [-0.2, -0.15) is 8.78 Å². The van der Waals surface area contributed by atoms with Crippen molar-refractivity contribution in [1.29, 1.82) is 0 Å². The van der Waals surface area contributed by atoms with E-state index in [1.54, 1.807) is 32.9 Å². The lowest BCUT2D eigenvalue weighted by Crippen LogP contribution is -2.27. The topological polar surface area (TPSA) is 80.4 Å². The zero-order valence-corrected chi connectivity index (χ0v) is 14.9. The molecule has 0 aliphatic carbocycles. The summed E-state index contributed by atoms with van der Waals surface area (Å²) in [6.45, 7) is 2.21. The first kappa shape index (κ1) is 19.4. The molecule has 0 spiro atoms. The van der Waals surface area contributed by atoms with Crippen LogP contribution < -0.4 is 10.1 Å². The number of carbonyl (C=O) groups is 2. The molecule has 0 aliphatic heterocycles. The van der Waals surface area contributed by atoms with Gasteiger partial charge in [0.25, 0.3) is 5.91 Å². The van der Waals surface area contributed by atoms with Gasteiger partial charge in [0.2, 0.25) is 0 Å². The Kier molecular flexibility index (Phi) is 5.97. The summed E-state index contributed by atoms with van der Waals surface area (Å²) in [5.74, 6) is -0.861. The highest BCUT2D eigenvalue weighted by Crippen LogP contribution is 2.22. The second kappa shape index (κ2) is 7.99. The number of carbonyl (C=O) groups excluding carboxylic acids is 2. The van der Waals surface area contributed by atoms with E-state index in [2.05, 4.69) is 15.0 Å². The molecule has 26 heavy (non-hydrogen) atoms. The second-order valence-corrected chi connectivity index (χ2v) is 5.76. The number of nitrogens with one attached hydrogen (secondary N) is 2. The third kappa shape index (κ3) is 4.19. The number of aromatic amines is 1. The van der Waals surface area contributed by atoms with Crippen LogP contribution >= 0.6 is 0 Å². The predicted octanol–water partition coefficient (Wildman–Crippen LogP) is 3.51. The van der Waals surface area contributed by atoms with Crippen LogP contribution in [-0.2, 0) is 4.74 Å². The zero-order valence-electron chi connectivity index (χ0n) is 14.9. The van der Waals surface area contributed by atoms with Gasteiger partial charge in [-0.05, 0) is 44.0 Å². The van der Waals surface area contributed by atoms with Crippen molar-refractivity contribution in [2.75, 3.05) is 7.11 Å². The summed E-state index contributed by atoms with van der Waals surface area (Å²) < 4.78 is 33.4. The van der Waals surface area contributed by atoms with E-state index in [1.807, 2.05) is 0 Å². The van der Waals surface area contributed by atoms with Crippen molar-refractivity contribution in [3.05, 3.63) is 52.3 Å². The van der Waals surface area contributed by atoms with Crippen LogP contribution in [0.2, 0.25) is 0 Å². The van der Waals surface area contributed by atoms with Crippen LogP contribution in [0.1, 0.15) is 50.6 Å². The molecule has 2 N–H and O–H groups in total. The van der Waals surface area contributed by atoms with Crippen molar-refractivity contribution in [3.8, 4) is 5.75 Å². The number of H-pyrrole nitrogens is 1. The van der Waals surface area contributed by atoms with E-state index in [0.717, 1.165) is 0 Å². The smallest absolute Gasteiger partial charge is 0.387 e. The zero-order chi connectivity index (χ0) is 19.4. The Morgan fingerprint density at radius 2 is 1.77 bits per heavy atom. The molecule has 1 aromatic heterocycles. The second-order valence-electron chi connectivity index (χ2n) is 5.76. The predicted molar refractivity (Wildman–Crippen MR) is 90.6 cm³/mol. The number of benzene rings is 1. The molecule has 0 fully saturated rings. The number of esters is 1. The summed E-state index contributed by atoms with van der Waals surface area (Å²) in [5, 5.41) is 2.80. The van der Waals surface area contributed by atoms with Gasteiger partial charge in [-0.1, -0.05) is 12.1 Å². The maximum atomic E-state index is 12.5. The minimum atomic E-state index is -2.89. The molecule has 2 rings (SSSR count). The molecular weight excluding hydrogens is 346 g/mol. The van der Waals surface area contributed by atoms with Gasteiger partial charge in [0.15, 0.2) is 0 Å². The Labute approximate surface area is 149 Å². The molecule has 1 amide bonds. The van der Waals surface area contributed by atoms with Gasteiger partial charge in [0, 0.05) is 5.69 Å². The highest BCUT2D eigenvalue weighted by molar-refractivity contribution is 6.00. The Morgan fingerprint density at radius 3 is 2.31 bits per heavy atom. The summed E-state index contributed by atoms with van der Waals surface area (Å²) in [7, 11) is 1.28. The van der Waals surface area contributed by atoms with Crippen molar-refractivity contribution >= 4 is 11.9 Å². The first-order chi connectivity index (χ1) is 12.2. The van der Waals surface area contributed by atoms with Gasteiger partial charge in [-0.15, -0.1) is 0 Å². The van der Waals surface area contributed by atoms with E-state index in [1.165, 1.54) is 19.2 Å². The molecule has 1 atom stereocenters. The Morgan fingerprint density at radius 1 is 1.15 bits per heavy atom. The van der Waals surface area contributed by atoms with Crippen LogP contribution in [-0.4, -0.2) is 30.6 Å². The van der Waals surface area contributed by atoms with Gasteiger partial charge in [0.1, 0.15) is 11.4 Å². The molecule has 0 saturated carbocycles. The van der Waals surface area contributed by atoms with Crippen LogP contribution in [0.4, 0.5) is 8.78 Å². The van der Waals surface area contributed by atoms with Gasteiger partial charge >= 0.3 is 12.6 Å². The first-order valence-electron chi connectivity index (χ1n) is 7.87. The number of aryl methyl sites for hydroxylation is 1. The number of methoxy groups -OCH3 is 1. The van der Waals surface area contributed by atoms with Crippen LogP contribution in [0, 0.1) is 13.8 Å². The van der Waals surface area contributed by atoms with Crippen molar-refractivity contribution in [2.24, 2.45) is 0 Å². The standard InChI is InChI=1S/C18H20F2N2O4/c1-9-14(17(24)25-4)11(3)21-15(9)16(23)22-10(2)12-5-7-13(8-6-12)26-18(19)20/h5-8,10,18,21H,1-4H3,(H,22,23). The van der Waals surface area contributed by atoms with E-state index in [0.29, 0.717) is 22.4 Å². The number of rotatable bonds is 6. The van der Waals surface area contributed by atoms with Gasteiger partial charge < -0.3 is 19.8 Å². The molecule has 1 unspecified atom stereocenters. The normalized spacial score (nSPS) is 12.0. The molecule has 0 bridgehead atoms. The lowest BCUT2D eigenvalue weighted by molar-refractivity contribution is -0.0498. The fourth-order valence-electron chi connectivity index (χ4n) is 2.68. The number of halogens is 2. The summed E-state index contributed by atoms with van der Waals surface area (Å²) in [5.41, 5.74) is 2.36. The molecular formula is C18H20F2N2O4. The number of hydrogen-bond donors (Lipinski definition) is 2. The number of aromatic nitrogens is 1. The highest BCUT2D eigenvalue weighted by atomic mass is 19.3. The van der Waals surface area contributed by atoms with E-state index < -0.39 is 12.6 Å².